The van der Waals surface area contributed by atoms with Gasteiger partial charge in [-0.15, -0.1) is 0 Å². The zero-order valence-corrected chi connectivity index (χ0v) is 18.9. The molecule has 0 radical (unpaired) electrons. The summed E-state index contributed by atoms with van der Waals surface area (Å²) in [6, 6.07) is 10.4. The lowest BCUT2D eigenvalue weighted by Crippen LogP contribution is -2.41. The molecule has 2 N–H and O–H groups in total. The molecule has 2 aromatic heterocycles. The Kier molecular flexibility index (Phi) is 6.13. The highest BCUT2D eigenvalue weighted by Gasteiger charge is 2.32. The van der Waals surface area contributed by atoms with E-state index in [0.717, 1.165) is 49.9 Å². The summed E-state index contributed by atoms with van der Waals surface area (Å²) in [6.45, 7) is 0. The van der Waals surface area contributed by atoms with Crippen molar-refractivity contribution in [3.05, 3.63) is 72.1 Å². The van der Waals surface area contributed by atoms with E-state index in [1.807, 2.05) is 0 Å². The number of benzene rings is 2. The molecule has 36 heavy (non-hydrogen) atoms. The molecule has 188 valence electrons. The van der Waals surface area contributed by atoms with E-state index in [1.54, 1.807) is 12.1 Å². The Balaban J connectivity index is 1.42. The van der Waals surface area contributed by atoms with Gasteiger partial charge in [-0.2, -0.15) is 26.3 Å². The molecule has 4 aromatic rings. The lowest BCUT2D eigenvalue weighted by molar-refractivity contribution is -0.138. The van der Waals surface area contributed by atoms with Gasteiger partial charge in [-0.25, -0.2) is 0 Å². The van der Waals surface area contributed by atoms with Crippen LogP contribution in [-0.4, -0.2) is 22.1 Å². The van der Waals surface area contributed by atoms with Crippen LogP contribution in [0.4, 0.5) is 37.7 Å². The molecule has 0 bridgehead atoms. The van der Waals surface area contributed by atoms with Gasteiger partial charge in [0.1, 0.15) is 0 Å². The molecule has 0 amide bonds. The van der Waals surface area contributed by atoms with Crippen molar-refractivity contribution >= 4 is 33.2 Å². The van der Waals surface area contributed by atoms with Crippen molar-refractivity contribution in [1.82, 2.24) is 9.97 Å². The first kappa shape index (κ1) is 24.1. The van der Waals surface area contributed by atoms with Crippen LogP contribution in [0.3, 0.4) is 0 Å². The van der Waals surface area contributed by atoms with E-state index in [-0.39, 0.29) is 23.1 Å². The van der Waals surface area contributed by atoms with Crippen LogP contribution in [0.15, 0.2) is 60.9 Å². The Labute approximate surface area is 202 Å². The van der Waals surface area contributed by atoms with Crippen molar-refractivity contribution in [2.45, 2.75) is 50.1 Å². The molecule has 1 aliphatic carbocycles. The second-order valence-electron chi connectivity index (χ2n) is 8.96. The molecule has 10 heteroatoms. The minimum Gasteiger partial charge on any atom is -0.380 e. The van der Waals surface area contributed by atoms with Gasteiger partial charge >= 0.3 is 12.4 Å². The maximum Gasteiger partial charge on any atom is 0.416 e. The van der Waals surface area contributed by atoms with Gasteiger partial charge in [0.05, 0.1) is 22.2 Å². The molecule has 0 spiro atoms. The van der Waals surface area contributed by atoms with Gasteiger partial charge in [-0.3, -0.25) is 9.97 Å². The lowest BCUT2D eigenvalue weighted by Gasteiger charge is -2.34. The number of nitrogens with one attached hydrogen (secondary N) is 2. The van der Waals surface area contributed by atoms with E-state index >= 15 is 0 Å². The van der Waals surface area contributed by atoms with Crippen LogP contribution in [0.1, 0.15) is 36.8 Å². The summed E-state index contributed by atoms with van der Waals surface area (Å²) < 4.78 is 78.8. The normalized spacial score (nSPS) is 18.9. The molecule has 2 aromatic carbocycles. The minimum atomic E-state index is -4.45. The molecule has 2 atom stereocenters. The van der Waals surface area contributed by atoms with E-state index in [2.05, 4.69) is 20.6 Å². The summed E-state index contributed by atoms with van der Waals surface area (Å²) >= 11 is 0. The van der Waals surface area contributed by atoms with Gasteiger partial charge in [0.25, 0.3) is 0 Å². The number of alkyl halides is 6. The molecule has 5 rings (SSSR count). The van der Waals surface area contributed by atoms with Crippen molar-refractivity contribution in [2.75, 3.05) is 10.6 Å². The summed E-state index contributed by atoms with van der Waals surface area (Å²) in [7, 11) is 0. The van der Waals surface area contributed by atoms with Gasteiger partial charge in [0.15, 0.2) is 0 Å². The maximum atomic E-state index is 13.1. The second kappa shape index (κ2) is 9.15. The third-order valence-corrected chi connectivity index (χ3v) is 6.59. The molecule has 1 saturated carbocycles. The van der Waals surface area contributed by atoms with E-state index < -0.39 is 23.5 Å². The van der Waals surface area contributed by atoms with Crippen LogP contribution in [0.2, 0.25) is 0 Å². The molecule has 1 fully saturated rings. The zero-order chi connectivity index (χ0) is 25.5. The summed E-state index contributed by atoms with van der Waals surface area (Å²) in [6.07, 6.45) is -2.36. The van der Waals surface area contributed by atoms with Gasteiger partial charge in [-0.05, 0) is 49.2 Å². The standard InChI is InChI=1S/C26H22F6N4/c27-25(28,29)15-5-7-17-19(9-11-33-23(17)13-15)35-21-3-1-2-4-22(21)36-20-10-12-34-24-14-16(26(30,31)32)6-8-18(20)24/h5-14,21-22H,1-4H2,(H,33,35)(H,34,36)/t21-,22-/m1/s1. The third kappa shape index (κ3) is 4.89. The van der Waals surface area contributed by atoms with Crippen molar-refractivity contribution in [3.63, 3.8) is 0 Å². The Bertz CT molecular complexity index is 1290. The van der Waals surface area contributed by atoms with E-state index in [1.165, 1.54) is 24.5 Å². The quantitative estimate of drug-likeness (QED) is 0.280. The van der Waals surface area contributed by atoms with Crippen LogP contribution >= 0.6 is 0 Å². The van der Waals surface area contributed by atoms with Crippen LogP contribution in [0.25, 0.3) is 21.8 Å². The largest absolute Gasteiger partial charge is 0.416 e. The van der Waals surface area contributed by atoms with Gasteiger partial charge in [0, 0.05) is 46.6 Å². The van der Waals surface area contributed by atoms with Crippen LogP contribution < -0.4 is 10.6 Å². The highest BCUT2D eigenvalue weighted by molar-refractivity contribution is 5.92. The Morgan fingerprint density at radius 1 is 0.611 bits per heavy atom. The summed E-state index contributed by atoms with van der Waals surface area (Å²) in [5, 5.41) is 8.14. The SMILES string of the molecule is FC(F)(F)c1ccc2c(N[C@@H]3CCCC[C@H]3Nc3ccnc4cc(C(F)(F)F)ccc34)ccnc2c1. The number of aromatic nitrogens is 2. The monoisotopic (exact) mass is 504 g/mol. The molecular formula is C26H22F6N4. The predicted molar refractivity (Wildman–Crippen MR) is 127 cm³/mol. The van der Waals surface area contributed by atoms with Crippen molar-refractivity contribution < 1.29 is 26.3 Å². The van der Waals surface area contributed by atoms with Crippen molar-refractivity contribution in [1.29, 1.82) is 0 Å². The second-order valence-corrected chi connectivity index (χ2v) is 8.96. The fourth-order valence-electron chi connectivity index (χ4n) is 4.78. The number of fused-ring (bicyclic) bond motifs is 2. The van der Waals surface area contributed by atoms with Crippen LogP contribution in [-0.2, 0) is 12.4 Å². The topological polar surface area (TPSA) is 49.8 Å². The first-order chi connectivity index (χ1) is 17.1. The molecule has 0 aliphatic heterocycles. The Morgan fingerprint density at radius 3 is 1.42 bits per heavy atom. The maximum absolute atomic E-state index is 13.1. The van der Waals surface area contributed by atoms with Crippen LogP contribution in [0.5, 0.6) is 0 Å². The van der Waals surface area contributed by atoms with Crippen molar-refractivity contribution in [3.8, 4) is 0 Å². The van der Waals surface area contributed by atoms with Crippen molar-refractivity contribution in [2.24, 2.45) is 0 Å². The van der Waals surface area contributed by atoms with E-state index in [4.69, 9.17) is 0 Å². The number of anilines is 2. The van der Waals surface area contributed by atoms with Gasteiger partial charge < -0.3 is 10.6 Å². The zero-order valence-electron chi connectivity index (χ0n) is 18.9. The number of rotatable bonds is 4. The average molecular weight is 504 g/mol. The highest BCUT2D eigenvalue weighted by Crippen LogP contribution is 2.35. The number of halogens is 6. The Hall–Kier alpha value is -3.56. The number of pyridine rings is 2. The van der Waals surface area contributed by atoms with E-state index in [9.17, 15) is 26.3 Å². The van der Waals surface area contributed by atoms with E-state index in [0.29, 0.717) is 22.1 Å². The average Bonchev–Trinajstić information content (AvgIpc) is 2.84. The first-order valence-corrected chi connectivity index (χ1v) is 11.5. The smallest absolute Gasteiger partial charge is 0.380 e. The Morgan fingerprint density at radius 2 is 1.03 bits per heavy atom. The summed E-state index contributed by atoms with van der Waals surface area (Å²) in [5.74, 6) is 0. The van der Waals surface area contributed by atoms with Crippen LogP contribution in [0, 0.1) is 0 Å². The number of hydrogen-bond donors (Lipinski definition) is 2. The number of hydrogen-bond acceptors (Lipinski definition) is 4. The fraction of sp³-hybridized carbons (Fsp3) is 0.308. The van der Waals surface area contributed by atoms with Gasteiger partial charge in [0.2, 0.25) is 0 Å². The first-order valence-electron chi connectivity index (χ1n) is 11.5. The highest BCUT2D eigenvalue weighted by atomic mass is 19.4. The lowest BCUT2D eigenvalue weighted by atomic mass is 9.89. The molecule has 0 saturated heterocycles. The minimum absolute atomic E-state index is 0.0516. The number of nitrogens with zero attached hydrogens (tertiary/aromatic N) is 2. The molecule has 1 aliphatic rings. The molecule has 4 nitrogen and oxygen atoms in total. The summed E-state index contributed by atoms with van der Waals surface area (Å²) in [4.78, 5) is 8.22. The van der Waals surface area contributed by atoms with Gasteiger partial charge in [-0.1, -0.05) is 25.0 Å². The predicted octanol–water partition coefficient (Wildman–Crippen LogP) is 7.66. The molecule has 2 heterocycles. The molecule has 0 unspecified atom stereocenters. The summed E-state index contributed by atoms with van der Waals surface area (Å²) in [5.41, 5.74) is 0.348. The molecular weight excluding hydrogens is 482 g/mol. The fourth-order valence-corrected chi connectivity index (χ4v) is 4.78. The third-order valence-electron chi connectivity index (χ3n) is 6.59.